The van der Waals surface area contributed by atoms with Crippen molar-refractivity contribution < 1.29 is 19.0 Å². The molecule has 148 valence electrons. The van der Waals surface area contributed by atoms with Gasteiger partial charge in [0.05, 0.1) is 25.2 Å². The zero-order valence-corrected chi connectivity index (χ0v) is 16.6. The molecule has 0 saturated carbocycles. The van der Waals surface area contributed by atoms with E-state index < -0.39 is 11.9 Å². The highest BCUT2D eigenvalue weighted by Crippen LogP contribution is 2.43. The average Bonchev–Trinajstić information content (AvgIpc) is 2.66. The molecule has 1 aromatic heterocycles. The number of nitrogens with zero attached hydrogens (tertiary/aromatic N) is 1. The van der Waals surface area contributed by atoms with Crippen LogP contribution in [0, 0.1) is 6.92 Å². The minimum absolute atomic E-state index is 0.0438. The predicted molar refractivity (Wildman–Crippen MR) is 104 cm³/mol. The van der Waals surface area contributed by atoms with Gasteiger partial charge in [-0.25, -0.2) is 4.79 Å². The SMILES string of the molecule is COCCn1c(C)cc2c(c1=O)C(c1ccccc1Cl)C(C(=O)OC)=C(N)O2. The summed E-state index contributed by atoms with van der Waals surface area (Å²) in [4.78, 5) is 25.9. The molecule has 0 aliphatic carbocycles. The van der Waals surface area contributed by atoms with Gasteiger partial charge in [0.15, 0.2) is 0 Å². The van der Waals surface area contributed by atoms with Gasteiger partial charge in [0.25, 0.3) is 5.56 Å². The maximum atomic E-state index is 13.4. The van der Waals surface area contributed by atoms with Crippen LogP contribution in [0.4, 0.5) is 0 Å². The first-order valence-electron chi connectivity index (χ1n) is 8.64. The number of hydrogen-bond acceptors (Lipinski definition) is 6. The van der Waals surface area contributed by atoms with E-state index in [2.05, 4.69) is 0 Å². The summed E-state index contributed by atoms with van der Waals surface area (Å²) < 4.78 is 17.2. The Hall–Kier alpha value is -2.77. The average molecular weight is 405 g/mol. The van der Waals surface area contributed by atoms with Crippen LogP contribution < -0.4 is 16.0 Å². The third kappa shape index (κ3) is 3.39. The lowest BCUT2D eigenvalue weighted by atomic mass is 9.83. The van der Waals surface area contributed by atoms with Crippen molar-refractivity contribution in [3.63, 3.8) is 0 Å². The van der Waals surface area contributed by atoms with Crippen LogP contribution >= 0.6 is 11.6 Å². The number of fused-ring (bicyclic) bond motifs is 1. The number of carbonyl (C=O) groups excluding carboxylic acids is 1. The van der Waals surface area contributed by atoms with Gasteiger partial charge < -0.3 is 24.5 Å². The van der Waals surface area contributed by atoms with Crippen molar-refractivity contribution >= 4 is 17.6 Å². The molecule has 0 radical (unpaired) electrons. The van der Waals surface area contributed by atoms with Crippen LogP contribution in [-0.4, -0.2) is 31.4 Å². The molecule has 1 aliphatic heterocycles. The van der Waals surface area contributed by atoms with Crippen LogP contribution in [0.25, 0.3) is 0 Å². The molecular formula is C20H21ClN2O5. The van der Waals surface area contributed by atoms with E-state index in [1.807, 2.05) is 0 Å². The second-order valence-corrected chi connectivity index (χ2v) is 6.75. The molecule has 2 N–H and O–H groups in total. The summed E-state index contributed by atoms with van der Waals surface area (Å²) in [6.07, 6.45) is 0. The standard InChI is InChI=1S/C20H21ClN2O5/c1-11-10-14-16(19(24)23(11)8-9-26-2)15(12-6-4-5-7-13(12)21)17(18(22)28-14)20(25)27-3/h4-7,10,15H,8-9,22H2,1-3H3. The molecule has 1 atom stereocenters. The fourth-order valence-electron chi connectivity index (χ4n) is 3.38. The first-order chi connectivity index (χ1) is 13.4. The Balaban J connectivity index is 2.32. The van der Waals surface area contributed by atoms with Crippen molar-refractivity contribution in [1.82, 2.24) is 4.57 Å². The van der Waals surface area contributed by atoms with Crippen molar-refractivity contribution in [2.45, 2.75) is 19.4 Å². The van der Waals surface area contributed by atoms with Gasteiger partial charge in [-0.15, -0.1) is 0 Å². The maximum Gasteiger partial charge on any atom is 0.340 e. The Labute approximate surface area is 167 Å². The highest BCUT2D eigenvalue weighted by atomic mass is 35.5. The summed E-state index contributed by atoms with van der Waals surface area (Å²) in [5.41, 5.74) is 7.33. The van der Waals surface area contributed by atoms with Gasteiger partial charge in [0.1, 0.15) is 11.3 Å². The minimum Gasteiger partial charge on any atom is -0.465 e. The van der Waals surface area contributed by atoms with Gasteiger partial charge in [-0.1, -0.05) is 29.8 Å². The van der Waals surface area contributed by atoms with E-state index in [4.69, 9.17) is 31.5 Å². The Bertz CT molecular complexity index is 1010. The van der Waals surface area contributed by atoms with Gasteiger partial charge >= 0.3 is 5.97 Å². The lowest BCUT2D eigenvalue weighted by Crippen LogP contribution is -2.35. The van der Waals surface area contributed by atoms with E-state index in [-0.39, 0.29) is 22.6 Å². The molecule has 7 nitrogen and oxygen atoms in total. The number of esters is 1. The number of aryl methyl sites for hydroxylation is 1. The third-order valence-corrected chi connectivity index (χ3v) is 5.05. The second kappa shape index (κ2) is 8.08. The molecule has 2 aromatic rings. The summed E-state index contributed by atoms with van der Waals surface area (Å²) >= 11 is 6.41. The number of benzene rings is 1. The lowest BCUT2D eigenvalue weighted by molar-refractivity contribution is -0.136. The van der Waals surface area contributed by atoms with Crippen molar-refractivity contribution in [3.05, 3.63) is 74.0 Å². The number of rotatable bonds is 5. The molecule has 3 rings (SSSR count). The minimum atomic E-state index is -0.813. The van der Waals surface area contributed by atoms with Crippen molar-refractivity contribution in [1.29, 1.82) is 0 Å². The Morgan fingerprint density at radius 1 is 1.32 bits per heavy atom. The molecule has 0 saturated heterocycles. The number of nitrogens with two attached hydrogens (primary N) is 1. The molecule has 0 amide bonds. The van der Waals surface area contributed by atoms with E-state index in [9.17, 15) is 9.59 Å². The zero-order chi connectivity index (χ0) is 20.4. The Kier molecular flexibility index (Phi) is 5.76. The Morgan fingerprint density at radius 2 is 2.04 bits per heavy atom. The number of aromatic nitrogens is 1. The molecular weight excluding hydrogens is 384 g/mol. The molecule has 0 fully saturated rings. The summed E-state index contributed by atoms with van der Waals surface area (Å²) in [6.45, 7) is 2.51. The first kappa shape index (κ1) is 20.0. The van der Waals surface area contributed by atoms with Crippen LogP contribution in [0.2, 0.25) is 5.02 Å². The monoisotopic (exact) mass is 404 g/mol. The maximum absolute atomic E-state index is 13.4. The summed E-state index contributed by atoms with van der Waals surface area (Å²) in [6, 6.07) is 8.70. The number of methoxy groups -OCH3 is 2. The topological polar surface area (TPSA) is 92.8 Å². The second-order valence-electron chi connectivity index (χ2n) is 6.34. The van der Waals surface area contributed by atoms with Crippen molar-refractivity contribution in [2.24, 2.45) is 5.73 Å². The van der Waals surface area contributed by atoms with Crippen LogP contribution in [0.3, 0.4) is 0 Å². The van der Waals surface area contributed by atoms with Crippen LogP contribution in [-0.2, 0) is 20.8 Å². The van der Waals surface area contributed by atoms with E-state index in [1.54, 1.807) is 48.9 Å². The van der Waals surface area contributed by atoms with Gasteiger partial charge in [-0.2, -0.15) is 0 Å². The molecule has 1 aromatic carbocycles. The number of carbonyl (C=O) groups is 1. The van der Waals surface area contributed by atoms with Gasteiger partial charge in [-0.05, 0) is 18.6 Å². The molecule has 1 aliphatic rings. The van der Waals surface area contributed by atoms with Crippen LogP contribution in [0.5, 0.6) is 5.75 Å². The third-order valence-electron chi connectivity index (χ3n) is 4.71. The van der Waals surface area contributed by atoms with E-state index in [0.717, 1.165) is 0 Å². The van der Waals surface area contributed by atoms with E-state index in [0.29, 0.717) is 35.2 Å². The summed E-state index contributed by atoms with van der Waals surface area (Å²) in [5, 5.41) is 0.401. The number of halogens is 1. The quantitative estimate of drug-likeness (QED) is 0.769. The molecule has 0 spiro atoms. The summed E-state index contributed by atoms with van der Waals surface area (Å²) in [7, 11) is 2.81. The highest BCUT2D eigenvalue weighted by Gasteiger charge is 2.39. The largest absolute Gasteiger partial charge is 0.465 e. The van der Waals surface area contributed by atoms with Crippen LogP contribution in [0.15, 0.2) is 46.6 Å². The number of ether oxygens (including phenoxy) is 3. The smallest absolute Gasteiger partial charge is 0.340 e. The number of hydrogen-bond donors (Lipinski definition) is 1. The molecule has 8 heteroatoms. The van der Waals surface area contributed by atoms with Gasteiger partial charge in [0.2, 0.25) is 5.88 Å². The lowest BCUT2D eigenvalue weighted by Gasteiger charge is -2.29. The summed E-state index contributed by atoms with van der Waals surface area (Å²) in [5.74, 6) is -1.31. The van der Waals surface area contributed by atoms with E-state index in [1.165, 1.54) is 7.11 Å². The van der Waals surface area contributed by atoms with Crippen LogP contribution in [0.1, 0.15) is 22.7 Å². The normalized spacial score (nSPS) is 15.8. The number of pyridine rings is 1. The molecule has 2 heterocycles. The van der Waals surface area contributed by atoms with Gasteiger partial charge in [0, 0.05) is 30.4 Å². The first-order valence-corrected chi connectivity index (χ1v) is 9.02. The zero-order valence-electron chi connectivity index (χ0n) is 15.8. The fraction of sp³-hybridized carbons (Fsp3) is 0.300. The molecule has 0 bridgehead atoms. The van der Waals surface area contributed by atoms with Crippen molar-refractivity contribution in [2.75, 3.05) is 20.8 Å². The molecule has 28 heavy (non-hydrogen) atoms. The molecule has 1 unspecified atom stereocenters. The van der Waals surface area contributed by atoms with E-state index >= 15 is 0 Å². The highest BCUT2D eigenvalue weighted by molar-refractivity contribution is 6.31. The Morgan fingerprint density at radius 3 is 2.68 bits per heavy atom. The predicted octanol–water partition coefficient (Wildman–Crippen LogP) is 2.32. The fourth-order valence-corrected chi connectivity index (χ4v) is 3.62. The van der Waals surface area contributed by atoms with Gasteiger partial charge in [-0.3, -0.25) is 4.79 Å². The van der Waals surface area contributed by atoms with Crippen molar-refractivity contribution in [3.8, 4) is 5.75 Å².